The van der Waals surface area contributed by atoms with Gasteiger partial charge in [-0.2, -0.15) is 0 Å². The summed E-state index contributed by atoms with van der Waals surface area (Å²) in [6.07, 6.45) is 1.62. The quantitative estimate of drug-likeness (QED) is 0.849. The van der Waals surface area contributed by atoms with Crippen molar-refractivity contribution in [1.29, 1.82) is 0 Å². The highest BCUT2D eigenvalue weighted by Crippen LogP contribution is 2.26. The minimum atomic E-state index is -0.201. The van der Waals surface area contributed by atoms with Crippen molar-refractivity contribution in [2.75, 3.05) is 13.7 Å². The Morgan fingerprint density at radius 2 is 2.42 bits per heavy atom. The number of methoxy groups -OCH3 is 1. The number of amides is 1. The zero-order chi connectivity index (χ0) is 13.7. The first-order chi connectivity index (χ1) is 9.26. The molecule has 0 fully saturated rings. The average Bonchev–Trinajstić information content (AvgIpc) is 2.94. The second-order valence-electron chi connectivity index (χ2n) is 3.68. The van der Waals surface area contributed by atoms with Gasteiger partial charge in [0.05, 0.1) is 7.11 Å². The SMILES string of the molecule is C=CCNC(=O)c1snnc1-c1cccc(OC)c1. The molecule has 1 heterocycles. The summed E-state index contributed by atoms with van der Waals surface area (Å²) in [7, 11) is 1.59. The maximum atomic E-state index is 12.0. The lowest BCUT2D eigenvalue weighted by Gasteiger charge is -2.04. The van der Waals surface area contributed by atoms with Crippen molar-refractivity contribution < 1.29 is 9.53 Å². The summed E-state index contributed by atoms with van der Waals surface area (Å²) in [5, 5.41) is 6.73. The normalized spacial score (nSPS) is 9.95. The average molecular weight is 275 g/mol. The Labute approximate surface area is 115 Å². The van der Waals surface area contributed by atoms with Gasteiger partial charge in [-0.3, -0.25) is 4.79 Å². The molecule has 1 amide bonds. The number of rotatable bonds is 5. The Hall–Kier alpha value is -2.21. The number of hydrogen-bond donors (Lipinski definition) is 1. The molecule has 19 heavy (non-hydrogen) atoms. The highest BCUT2D eigenvalue weighted by atomic mass is 32.1. The summed E-state index contributed by atoms with van der Waals surface area (Å²) in [6.45, 7) is 3.97. The zero-order valence-corrected chi connectivity index (χ0v) is 11.2. The number of aromatic nitrogens is 2. The smallest absolute Gasteiger partial charge is 0.265 e. The number of hydrogen-bond acceptors (Lipinski definition) is 5. The number of carbonyl (C=O) groups excluding carboxylic acids is 1. The van der Waals surface area contributed by atoms with Gasteiger partial charge >= 0.3 is 0 Å². The maximum absolute atomic E-state index is 12.0. The number of ether oxygens (including phenoxy) is 1. The molecule has 1 aromatic carbocycles. The first-order valence-corrected chi connectivity index (χ1v) is 6.39. The van der Waals surface area contributed by atoms with Gasteiger partial charge in [-0.25, -0.2) is 0 Å². The van der Waals surface area contributed by atoms with Gasteiger partial charge in [0.25, 0.3) is 5.91 Å². The van der Waals surface area contributed by atoms with Crippen LogP contribution in [0.2, 0.25) is 0 Å². The summed E-state index contributed by atoms with van der Waals surface area (Å²) < 4.78 is 9.01. The Morgan fingerprint density at radius 1 is 1.58 bits per heavy atom. The fourth-order valence-electron chi connectivity index (χ4n) is 1.54. The van der Waals surface area contributed by atoms with Crippen LogP contribution in [-0.2, 0) is 0 Å². The largest absolute Gasteiger partial charge is 0.497 e. The van der Waals surface area contributed by atoms with E-state index in [1.165, 1.54) is 0 Å². The van der Waals surface area contributed by atoms with Crippen molar-refractivity contribution >= 4 is 17.4 Å². The van der Waals surface area contributed by atoms with Gasteiger partial charge in [0.2, 0.25) is 0 Å². The molecule has 0 unspecified atom stereocenters. The summed E-state index contributed by atoms with van der Waals surface area (Å²) in [4.78, 5) is 12.4. The maximum Gasteiger partial charge on any atom is 0.265 e. The van der Waals surface area contributed by atoms with Crippen LogP contribution in [-0.4, -0.2) is 29.1 Å². The zero-order valence-electron chi connectivity index (χ0n) is 10.4. The third-order valence-corrected chi connectivity index (χ3v) is 3.17. The molecule has 1 aromatic heterocycles. The predicted octanol–water partition coefficient (Wildman–Crippen LogP) is 2.13. The number of nitrogens with one attached hydrogen (secondary N) is 1. The van der Waals surface area contributed by atoms with Crippen molar-refractivity contribution in [3.8, 4) is 17.0 Å². The second-order valence-corrected chi connectivity index (χ2v) is 4.44. The van der Waals surface area contributed by atoms with E-state index in [1.54, 1.807) is 13.2 Å². The minimum Gasteiger partial charge on any atom is -0.497 e. The van der Waals surface area contributed by atoms with Crippen LogP contribution < -0.4 is 10.1 Å². The molecule has 98 valence electrons. The third kappa shape index (κ3) is 2.97. The van der Waals surface area contributed by atoms with Gasteiger partial charge in [0, 0.05) is 12.1 Å². The van der Waals surface area contributed by atoms with E-state index in [4.69, 9.17) is 4.74 Å². The molecule has 5 nitrogen and oxygen atoms in total. The molecule has 0 saturated carbocycles. The molecule has 2 aromatic rings. The van der Waals surface area contributed by atoms with E-state index in [9.17, 15) is 4.79 Å². The summed E-state index contributed by atoms with van der Waals surface area (Å²) in [5.41, 5.74) is 1.36. The highest BCUT2D eigenvalue weighted by molar-refractivity contribution is 7.08. The molecule has 0 atom stereocenters. The van der Waals surface area contributed by atoms with Crippen LogP contribution in [0.25, 0.3) is 11.3 Å². The van der Waals surface area contributed by atoms with E-state index < -0.39 is 0 Å². The van der Waals surface area contributed by atoms with Gasteiger partial charge in [0.1, 0.15) is 16.3 Å². The van der Waals surface area contributed by atoms with Gasteiger partial charge in [0.15, 0.2) is 0 Å². The standard InChI is InChI=1S/C13H13N3O2S/c1-3-7-14-13(17)12-11(15-16-19-12)9-5-4-6-10(8-9)18-2/h3-6,8H,1,7H2,2H3,(H,14,17). The van der Waals surface area contributed by atoms with E-state index in [-0.39, 0.29) is 5.91 Å². The van der Waals surface area contributed by atoms with Gasteiger partial charge < -0.3 is 10.1 Å². The van der Waals surface area contributed by atoms with Gasteiger partial charge in [-0.1, -0.05) is 22.7 Å². The first kappa shape index (κ1) is 13.2. The molecule has 1 N–H and O–H groups in total. The van der Waals surface area contributed by atoms with Crippen LogP contribution in [0.15, 0.2) is 36.9 Å². The van der Waals surface area contributed by atoms with Crippen LogP contribution in [0.4, 0.5) is 0 Å². The predicted molar refractivity (Wildman–Crippen MR) is 74.4 cm³/mol. The molecule has 0 saturated heterocycles. The van der Waals surface area contributed by atoms with Crippen molar-refractivity contribution in [1.82, 2.24) is 14.9 Å². The van der Waals surface area contributed by atoms with E-state index in [0.717, 1.165) is 17.1 Å². The van der Waals surface area contributed by atoms with Crippen molar-refractivity contribution in [3.63, 3.8) is 0 Å². The van der Waals surface area contributed by atoms with Crippen LogP contribution in [0.1, 0.15) is 9.67 Å². The molecule has 0 aliphatic heterocycles. The first-order valence-electron chi connectivity index (χ1n) is 5.62. The van der Waals surface area contributed by atoms with Crippen LogP contribution >= 0.6 is 11.5 Å². The van der Waals surface area contributed by atoms with E-state index in [0.29, 0.717) is 22.9 Å². The number of benzene rings is 1. The molecule has 0 bridgehead atoms. The summed E-state index contributed by atoms with van der Waals surface area (Å²) in [5.74, 6) is 0.510. The minimum absolute atomic E-state index is 0.201. The Morgan fingerprint density at radius 3 is 3.16 bits per heavy atom. The fraction of sp³-hybridized carbons (Fsp3) is 0.154. The topological polar surface area (TPSA) is 64.1 Å². The van der Waals surface area contributed by atoms with Crippen LogP contribution in [0, 0.1) is 0 Å². The lowest BCUT2D eigenvalue weighted by Crippen LogP contribution is -2.22. The molecule has 0 aliphatic rings. The van der Waals surface area contributed by atoms with Crippen LogP contribution in [0.5, 0.6) is 5.75 Å². The second kappa shape index (κ2) is 6.10. The molecule has 6 heteroatoms. The summed E-state index contributed by atoms with van der Waals surface area (Å²) >= 11 is 1.07. The Bertz CT molecular complexity index is 595. The number of nitrogens with zero attached hydrogens (tertiary/aromatic N) is 2. The molecular weight excluding hydrogens is 262 g/mol. The van der Waals surface area contributed by atoms with Gasteiger partial charge in [-0.05, 0) is 23.7 Å². The lowest BCUT2D eigenvalue weighted by molar-refractivity contribution is 0.0962. The molecular formula is C13H13N3O2S. The van der Waals surface area contributed by atoms with Crippen molar-refractivity contribution in [2.45, 2.75) is 0 Å². The van der Waals surface area contributed by atoms with Crippen molar-refractivity contribution in [3.05, 3.63) is 41.8 Å². The fourth-order valence-corrected chi connectivity index (χ4v) is 2.15. The van der Waals surface area contributed by atoms with E-state index in [2.05, 4.69) is 21.5 Å². The van der Waals surface area contributed by atoms with Crippen molar-refractivity contribution in [2.24, 2.45) is 0 Å². The lowest BCUT2D eigenvalue weighted by atomic mass is 10.1. The number of carbonyl (C=O) groups is 1. The van der Waals surface area contributed by atoms with Crippen LogP contribution in [0.3, 0.4) is 0 Å². The molecule has 0 radical (unpaired) electrons. The highest BCUT2D eigenvalue weighted by Gasteiger charge is 2.17. The Balaban J connectivity index is 2.32. The molecule has 0 spiro atoms. The van der Waals surface area contributed by atoms with E-state index in [1.807, 2.05) is 24.3 Å². The van der Waals surface area contributed by atoms with Gasteiger partial charge in [-0.15, -0.1) is 11.7 Å². The third-order valence-electron chi connectivity index (χ3n) is 2.44. The van der Waals surface area contributed by atoms with E-state index >= 15 is 0 Å². The monoisotopic (exact) mass is 275 g/mol. The molecule has 0 aliphatic carbocycles. The Kier molecular flexibility index (Phi) is 4.25. The molecule has 2 rings (SSSR count). The summed E-state index contributed by atoms with van der Waals surface area (Å²) in [6, 6.07) is 7.37.